The maximum absolute atomic E-state index is 12.9. The monoisotopic (exact) mass is 637 g/mol. The van der Waals surface area contributed by atoms with Crippen molar-refractivity contribution >= 4 is 23.4 Å². The van der Waals surface area contributed by atoms with Gasteiger partial charge in [0.1, 0.15) is 17.3 Å². The third kappa shape index (κ3) is 9.64. The molecule has 1 amide bonds. The Balaban J connectivity index is 0.000000240. The Morgan fingerprint density at radius 1 is 0.891 bits per heavy atom. The number of nitrogens with one attached hydrogen (secondary N) is 1. The molecule has 5 rings (SSSR count). The maximum atomic E-state index is 12.9. The highest BCUT2D eigenvalue weighted by Gasteiger charge is 2.27. The highest BCUT2D eigenvalue weighted by molar-refractivity contribution is 6.03. The molecule has 11 heteroatoms. The molecule has 3 aromatic heterocycles. The summed E-state index contributed by atoms with van der Waals surface area (Å²) in [6.45, 7) is 5.46. The molecule has 2 aliphatic rings. The lowest BCUT2D eigenvalue weighted by molar-refractivity contribution is 0.0688. The smallest absolute Gasteiger partial charge is 0.358 e. The van der Waals surface area contributed by atoms with Crippen molar-refractivity contribution < 1.29 is 28.3 Å². The molecule has 0 spiro atoms. The molecule has 2 N–H and O–H groups in total. The lowest BCUT2D eigenvalue weighted by atomic mass is 9.89. The number of anilines is 2. The van der Waals surface area contributed by atoms with Gasteiger partial charge in [-0.1, -0.05) is 52.4 Å². The number of aromatic carboxylic acids is 1. The Bertz CT molecular complexity index is 1370. The topological polar surface area (TPSA) is 144 Å². The van der Waals surface area contributed by atoms with Crippen LogP contribution in [0.5, 0.6) is 0 Å². The molecule has 0 atom stereocenters. The first kappa shape index (κ1) is 35.1. The average Bonchev–Trinajstić information content (AvgIpc) is 3.71. The van der Waals surface area contributed by atoms with Crippen molar-refractivity contribution in [3.8, 4) is 0 Å². The van der Waals surface area contributed by atoms with Crippen LogP contribution in [0.15, 0.2) is 27.2 Å². The first-order valence-electron chi connectivity index (χ1n) is 17.0. The van der Waals surface area contributed by atoms with Gasteiger partial charge in [0.25, 0.3) is 5.91 Å². The van der Waals surface area contributed by atoms with Crippen molar-refractivity contribution in [1.29, 1.82) is 0 Å². The fourth-order valence-corrected chi connectivity index (χ4v) is 6.14. The summed E-state index contributed by atoms with van der Waals surface area (Å²) in [5.41, 5.74) is 1.17. The fourth-order valence-electron chi connectivity index (χ4n) is 6.14. The number of oxazole rings is 2. The number of likely N-dealkylation sites (N-methyl/N-ethyl adjacent to an activating group) is 1. The molecular weight excluding hydrogens is 586 g/mol. The molecule has 0 bridgehead atoms. The normalized spacial score (nSPS) is 15.7. The molecule has 0 unspecified atom stereocenters. The summed E-state index contributed by atoms with van der Waals surface area (Å²) >= 11 is 0. The van der Waals surface area contributed by atoms with Crippen LogP contribution in [-0.4, -0.2) is 59.2 Å². The van der Waals surface area contributed by atoms with Crippen LogP contribution in [0, 0.1) is 0 Å². The molecule has 2 fully saturated rings. The predicted octanol–water partition coefficient (Wildman–Crippen LogP) is 7.78. The number of hydrogen-bond donors (Lipinski definition) is 2. The first-order chi connectivity index (χ1) is 22.3. The summed E-state index contributed by atoms with van der Waals surface area (Å²) in [5.74, 6) is 2.89. The number of nitrogens with zero attached hydrogens (tertiary/aromatic N) is 4. The van der Waals surface area contributed by atoms with Gasteiger partial charge in [-0.05, 0) is 50.7 Å². The zero-order valence-electron chi connectivity index (χ0n) is 28.0. The van der Waals surface area contributed by atoms with Crippen LogP contribution in [0.1, 0.15) is 147 Å². The van der Waals surface area contributed by atoms with Crippen LogP contribution in [0.4, 0.5) is 11.5 Å². The zero-order valence-corrected chi connectivity index (χ0v) is 28.0. The molecule has 0 radical (unpaired) electrons. The van der Waals surface area contributed by atoms with Crippen molar-refractivity contribution in [3.63, 3.8) is 0 Å². The Labute approximate surface area is 272 Å². The van der Waals surface area contributed by atoms with Crippen LogP contribution in [0.2, 0.25) is 0 Å². The van der Waals surface area contributed by atoms with Gasteiger partial charge >= 0.3 is 5.97 Å². The van der Waals surface area contributed by atoms with E-state index in [9.17, 15) is 9.59 Å². The minimum Gasteiger partial charge on any atom is -0.476 e. The summed E-state index contributed by atoms with van der Waals surface area (Å²) in [6.07, 6.45) is 16.5. The van der Waals surface area contributed by atoms with Crippen molar-refractivity contribution in [2.75, 3.05) is 37.5 Å². The molecule has 2 saturated carbocycles. The summed E-state index contributed by atoms with van der Waals surface area (Å²) in [6, 6.07) is 3.74. The van der Waals surface area contributed by atoms with Gasteiger partial charge in [-0.3, -0.25) is 4.79 Å². The summed E-state index contributed by atoms with van der Waals surface area (Å²) < 4.78 is 16.8. The highest BCUT2D eigenvalue weighted by Crippen LogP contribution is 2.34. The van der Waals surface area contributed by atoms with Crippen LogP contribution < -0.4 is 10.2 Å². The van der Waals surface area contributed by atoms with E-state index in [0.717, 1.165) is 56.8 Å². The number of hydrogen-bond acceptors (Lipinski definition) is 9. The van der Waals surface area contributed by atoms with Gasteiger partial charge in [0.05, 0.1) is 18.5 Å². The van der Waals surface area contributed by atoms with Gasteiger partial charge in [0, 0.05) is 45.4 Å². The summed E-state index contributed by atoms with van der Waals surface area (Å²) in [7, 11) is 3.63. The molecule has 11 nitrogen and oxygen atoms in total. The SMILES string of the molecule is CCCc1oc(C2CCCCC2)nc1C(=O)Nc1ccc(N(C)CCOC)nc1.CCCc1oc(C2CCCCC2)nc1C(=O)O. The van der Waals surface area contributed by atoms with Crippen molar-refractivity contribution in [1.82, 2.24) is 15.0 Å². The standard InChI is InChI=1S/C22H32N4O3.C13H19NO3/c1-4-8-18-20(25-22(29-18)16-9-6-5-7-10-16)21(27)24-17-11-12-19(23-15-17)26(2)13-14-28-3;1-2-6-10-11(13(15)16)14-12(17-10)9-7-4-3-5-8-9/h11-12,15-16H,4-10,13-14H2,1-3H3,(H,24,27);9H,2-8H2,1H3,(H,15,16). The number of aryl methyl sites for hydroxylation is 2. The van der Waals surface area contributed by atoms with E-state index in [0.29, 0.717) is 60.1 Å². The van der Waals surface area contributed by atoms with E-state index in [1.807, 2.05) is 31.0 Å². The van der Waals surface area contributed by atoms with E-state index in [-0.39, 0.29) is 11.6 Å². The number of carboxylic acids is 1. The quantitative estimate of drug-likeness (QED) is 0.191. The Morgan fingerprint density at radius 2 is 1.43 bits per heavy atom. The predicted molar refractivity (Wildman–Crippen MR) is 177 cm³/mol. The second kappa shape index (κ2) is 17.8. The number of carbonyl (C=O) groups excluding carboxylic acids is 1. The van der Waals surface area contributed by atoms with Gasteiger partial charge in [0.15, 0.2) is 23.2 Å². The molecule has 3 heterocycles. The van der Waals surface area contributed by atoms with Crippen LogP contribution in [0.25, 0.3) is 0 Å². The van der Waals surface area contributed by atoms with E-state index in [4.69, 9.17) is 18.7 Å². The Morgan fingerprint density at radius 3 is 1.91 bits per heavy atom. The minimum absolute atomic E-state index is 0.118. The van der Waals surface area contributed by atoms with Gasteiger partial charge < -0.3 is 28.9 Å². The number of aromatic nitrogens is 3. The van der Waals surface area contributed by atoms with E-state index in [2.05, 4.69) is 27.2 Å². The number of methoxy groups -OCH3 is 1. The maximum Gasteiger partial charge on any atom is 0.358 e. The molecule has 0 aliphatic heterocycles. The van der Waals surface area contributed by atoms with Gasteiger partial charge in [-0.15, -0.1) is 0 Å². The fraction of sp³-hybridized carbons (Fsp3) is 0.629. The van der Waals surface area contributed by atoms with Gasteiger partial charge in [0.2, 0.25) is 0 Å². The molecular formula is C35H51N5O6. The number of amides is 1. The highest BCUT2D eigenvalue weighted by atomic mass is 16.5. The van der Waals surface area contributed by atoms with Gasteiger partial charge in [-0.25, -0.2) is 19.7 Å². The molecule has 252 valence electrons. The molecule has 3 aromatic rings. The second-order valence-corrected chi connectivity index (χ2v) is 12.4. The molecule has 2 aliphatic carbocycles. The van der Waals surface area contributed by atoms with E-state index >= 15 is 0 Å². The lowest BCUT2D eigenvalue weighted by Crippen LogP contribution is -2.23. The Kier molecular flexibility index (Phi) is 13.6. The van der Waals surface area contributed by atoms with Crippen molar-refractivity contribution in [2.24, 2.45) is 0 Å². The number of carboxylic acid groups (broad SMARTS) is 1. The summed E-state index contributed by atoms with van der Waals surface area (Å²) in [4.78, 5) is 39.2. The first-order valence-corrected chi connectivity index (χ1v) is 17.0. The van der Waals surface area contributed by atoms with Gasteiger partial charge in [-0.2, -0.15) is 0 Å². The van der Waals surface area contributed by atoms with Crippen LogP contribution >= 0.6 is 0 Å². The third-order valence-corrected chi connectivity index (χ3v) is 8.74. The third-order valence-electron chi connectivity index (χ3n) is 8.74. The zero-order chi connectivity index (χ0) is 32.9. The number of carbonyl (C=O) groups is 2. The molecule has 0 saturated heterocycles. The number of pyridine rings is 1. The molecule has 46 heavy (non-hydrogen) atoms. The van der Waals surface area contributed by atoms with Crippen molar-refractivity contribution in [3.05, 3.63) is 53.0 Å². The van der Waals surface area contributed by atoms with E-state index in [1.165, 1.54) is 38.5 Å². The number of rotatable bonds is 13. The number of ether oxygens (including phenoxy) is 1. The second-order valence-electron chi connectivity index (χ2n) is 12.4. The van der Waals surface area contributed by atoms with E-state index in [1.54, 1.807) is 13.3 Å². The van der Waals surface area contributed by atoms with Crippen LogP contribution in [-0.2, 0) is 17.6 Å². The van der Waals surface area contributed by atoms with E-state index < -0.39 is 5.97 Å². The lowest BCUT2D eigenvalue weighted by Gasteiger charge is -2.18. The minimum atomic E-state index is -0.973. The van der Waals surface area contributed by atoms with Crippen LogP contribution in [0.3, 0.4) is 0 Å². The molecule has 0 aromatic carbocycles. The Hall–Kier alpha value is -3.73. The summed E-state index contributed by atoms with van der Waals surface area (Å²) in [5, 5.41) is 12.0. The van der Waals surface area contributed by atoms with Crippen molar-refractivity contribution in [2.45, 2.75) is 116 Å². The largest absolute Gasteiger partial charge is 0.476 e. The average molecular weight is 638 g/mol.